The van der Waals surface area contributed by atoms with Crippen molar-refractivity contribution in [2.45, 2.75) is 37.8 Å². The Bertz CT molecular complexity index is 668. The van der Waals surface area contributed by atoms with E-state index in [1.165, 1.54) is 12.1 Å². The van der Waals surface area contributed by atoms with E-state index in [1.807, 2.05) is 30.3 Å². The third kappa shape index (κ3) is 4.42. The summed E-state index contributed by atoms with van der Waals surface area (Å²) < 4.78 is 13.0. The van der Waals surface area contributed by atoms with Crippen LogP contribution < -0.4 is 0 Å². The molecule has 3 nitrogen and oxygen atoms in total. The van der Waals surface area contributed by atoms with Gasteiger partial charge in [0.25, 0.3) is 0 Å². The zero-order valence-corrected chi connectivity index (χ0v) is 13.6. The number of rotatable bonds is 7. The number of hydrogen-bond acceptors (Lipinski definition) is 2. The van der Waals surface area contributed by atoms with Crippen LogP contribution in [0.4, 0.5) is 4.39 Å². The van der Waals surface area contributed by atoms with Gasteiger partial charge in [-0.05, 0) is 42.5 Å². The maximum atomic E-state index is 13.0. The van der Waals surface area contributed by atoms with E-state index in [0.717, 1.165) is 18.4 Å². The zero-order valence-electron chi connectivity index (χ0n) is 13.6. The van der Waals surface area contributed by atoms with Crippen molar-refractivity contribution in [1.29, 1.82) is 0 Å². The van der Waals surface area contributed by atoms with Crippen molar-refractivity contribution in [2.75, 3.05) is 6.54 Å². The van der Waals surface area contributed by atoms with Gasteiger partial charge in [-0.1, -0.05) is 42.5 Å². The molecule has 0 aromatic heterocycles. The Hall–Kier alpha value is -2.20. The van der Waals surface area contributed by atoms with E-state index < -0.39 is 6.10 Å². The van der Waals surface area contributed by atoms with Crippen LogP contribution in [0.15, 0.2) is 54.6 Å². The van der Waals surface area contributed by atoms with Gasteiger partial charge in [0.05, 0.1) is 12.6 Å². The highest BCUT2D eigenvalue weighted by Crippen LogP contribution is 2.29. The molecule has 0 radical (unpaired) electrons. The van der Waals surface area contributed by atoms with Gasteiger partial charge < -0.3 is 10.0 Å². The summed E-state index contributed by atoms with van der Waals surface area (Å²) in [5.41, 5.74) is 1.78. The lowest BCUT2D eigenvalue weighted by atomic mass is 10.1. The summed E-state index contributed by atoms with van der Waals surface area (Å²) in [6.07, 6.45) is 2.35. The fraction of sp³-hybridized carbons (Fsp3) is 0.350. The molecule has 1 saturated carbocycles. The second-order valence-electron chi connectivity index (χ2n) is 6.33. The Morgan fingerprint density at radius 3 is 2.42 bits per heavy atom. The molecule has 24 heavy (non-hydrogen) atoms. The van der Waals surface area contributed by atoms with Crippen LogP contribution in [0.3, 0.4) is 0 Å². The molecule has 1 aliphatic rings. The van der Waals surface area contributed by atoms with E-state index >= 15 is 0 Å². The topological polar surface area (TPSA) is 40.5 Å². The first-order valence-electron chi connectivity index (χ1n) is 8.40. The average molecular weight is 327 g/mol. The monoisotopic (exact) mass is 327 g/mol. The lowest BCUT2D eigenvalue weighted by Gasteiger charge is -2.25. The summed E-state index contributed by atoms with van der Waals surface area (Å²) in [6, 6.07) is 16.0. The van der Waals surface area contributed by atoms with Crippen molar-refractivity contribution in [3.05, 3.63) is 71.5 Å². The summed E-state index contributed by atoms with van der Waals surface area (Å²) in [5.74, 6) is -0.258. The summed E-state index contributed by atoms with van der Waals surface area (Å²) in [7, 11) is 0. The molecule has 1 unspecified atom stereocenters. The molecule has 0 spiro atoms. The Morgan fingerprint density at radius 1 is 1.12 bits per heavy atom. The van der Waals surface area contributed by atoms with Gasteiger partial charge in [-0.25, -0.2) is 4.39 Å². The van der Waals surface area contributed by atoms with E-state index in [2.05, 4.69) is 0 Å². The summed E-state index contributed by atoms with van der Waals surface area (Å²) in [4.78, 5) is 14.4. The smallest absolute Gasteiger partial charge is 0.223 e. The maximum Gasteiger partial charge on any atom is 0.223 e. The second-order valence-corrected chi connectivity index (χ2v) is 6.33. The van der Waals surface area contributed by atoms with E-state index in [0.29, 0.717) is 18.4 Å². The highest BCUT2D eigenvalue weighted by Gasteiger charge is 2.33. The molecule has 1 atom stereocenters. The van der Waals surface area contributed by atoms with Crippen LogP contribution >= 0.6 is 0 Å². The second kappa shape index (κ2) is 7.58. The molecular weight excluding hydrogens is 305 g/mol. The van der Waals surface area contributed by atoms with Gasteiger partial charge in [0.1, 0.15) is 5.82 Å². The predicted molar refractivity (Wildman–Crippen MR) is 90.9 cm³/mol. The van der Waals surface area contributed by atoms with Crippen LogP contribution in [0, 0.1) is 5.82 Å². The van der Waals surface area contributed by atoms with E-state index in [4.69, 9.17) is 0 Å². The number of carbonyl (C=O) groups is 1. The van der Waals surface area contributed by atoms with Gasteiger partial charge in [0, 0.05) is 12.5 Å². The summed E-state index contributed by atoms with van der Waals surface area (Å²) >= 11 is 0. The zero-order chi connectivity index (χ0) is 16.9. The Balaban J connectivity index is 1.59. The minimum absolute atomic E-state index is 0.0718. The van der Waals surface area contributed by atoms with Gasteiger partial charge in [-0.3, -0.25) is 4.79 Å². The predicted octanol–water partition coefficient (Wildman–Crippen LogP) is 3.48. The van der Waals surface area contributed by atoms with Crippen molar-refractivity contribution < 1.29 is 14.3 Å². The Labute approximate surface area is 141 Å². The van der Waals surface area contributed by atoms with E-state index in [-0.39, 0.29) is 24.3 Å². The number of nitrogens with zero attached hydrogens (tertiary/aromatic N) is 1. The standard InChI is InChI=1S/C20H22FNO2/c21-17-9-7-16(8-10-17)19(23)14-22(18-11-12-18)20(24)13-6-15-4-2-1-3-5-15/h1-5,7-10,18-19,23H,6,11-14H2. The van der Waals surface area contributed by atoms with Crippen LogP contribution in [-0.2, 0) is 11.2 Å². The molecule has 4 heteroatoms. The number of benzene rings is 2. The van der Waals surface area contributed by atoms with Crippen LogP contribution in [0.2, 0.25) is 0 Å². The first-order valence-corrected chi connectivity index (χ1v) is 8.40. The minimum Gasteiger partial charge on any atom is -0.387 e. The maximum absolute atomic E-state index is 13.0. The fourth-order valence-corrected chi connectivity index (χ4v) is 2.86. The number of hydrogen-bond donors (Lipinski definition) is 1. The number of halogens is 1. The fourth-order valence-electron chi connectivity index (χ4n) is 2.86. The number of aryl methyl sites for hydroxylation is 1. The van der Waals surface area contributed by atoms with Crippen LogP contribution in [0.1, 0.15) is 36.5 Å². The van der Waals surface area contributed by atoms with Crippen molar-refractivity contribution in [2.24, 2.45) is 0 Å². The van der Waals surface area contributed by atoms with Gasteiger partial charge in [0.15, 0.2) is 0 Å². The van der Waals surface area contributed by atoms with Gasteiger partial charge in [-0.15, -0.1) is 0 Å². The summed E-state index contributed by atoms with van der Waals surface area (Å²) in [5, 5.41) is 10.4. The Morgan fingerprint density at radius 2 is 1.79 bits per heavy atom. The van der Waals surface area contributed by atoms with Crippen molar-refractivity contribution in [3.63, 3.8) is 0 Å². The molecule has 0 bridgehead atoms. The quantitative estimate of drug-likeness (QED) is 0.846. The van der Waals surface area contributed by atoms with Gasteiger partial charge in [-0.2, -0.15) is 0 Å². The first kappa shape index (κ1) is 16.7. The molecule has 2 aromatic carbocycles. The highest BCUT2D eigenvalue weighted by molar-refractivity contribution is 5.77. The molecule has 0 aliphatic heterocycles. The summed E-state index contributed by atoms with van der Waals surface area (Å²) in [6.45, 7) is 0.268. The first-order chi connectivity index (χ1) is 11.6. The van der Waals surface area contributed by atoms with Crippen molar-refractivity contribution in [3.8, 4) is 0 Å². The van der Waals surface area contributed by atoms with Gasteiger partial charge >= 0.3 is 0 Å². The SMILES string of the molecule is O=C(CCc1ccccc1)N(CC(O)c1ccc(F)cc1)C1CC1. The molecule has 0 saturated heterocycles. The third-order valence-electron chi connectivity index (χ3n) is 4.40. The largest absolute Gasteiger partial charge is 0.387 e. The molecule has 1 fully saturated rings. The third-order valence-corrected chi connectivity index (χ3v) is 4.40. The molecule has 0 heterocycles. The number of aliphatic hydroxyl groups is 1. The van der Waals surface area contributed by atoms with Crippen LogP contribution in [0.25, 0.3) is 0 Å². The highest BCUT2D eigenvalue weighted by atomic mass is 19.1. The number of amides is 1. The molecule has 2 aromatic rings. The van der Waals surface area contributed by atoms with Crippen LogP contribution in [-0.4, -0.2) is 28.5 Å². The average Bonchev–Trinajstić information content (AvgIpc) is 3.44. The molecule has 1 N–H and O–H groups in total. The molecule has 1 aliphatic carbocycles. The molecule has 1 amide bonds. The Kier molecular flexibility index (Phi) is 5.26. The normalized spacial score (nSPS) is 15.1. The lowest BCUT2D eigenvalue weighted by molar-refractivity contribution is -0.133. The molecular formula is C20H22FNO2. The van der Waals surface area contributed by atoms with Crippen LogP contribution in [0.5, 0.6) is 0 Å². The minimum atomic E-state index is -0.785. The van der Waals surface area contributed by atoms with Crippen molar-refractivity contribution in [1.82, 2.24) is 4.90 Å². The number of carbonyl (C=O) groups excluding carboxylic acids is 1. The number of aliphatic hydroxyl groups excluding tert-OH is 1. The van der Waals surface area contributed by atoms with E-state index in [9.17, 15) is 14.3 Å². The molecule has 126 valence electrons. The van der Waals surface area contributed by atoms with Crippen molar-refractivity contribution >= 4 is 5.91 Å². The van der Waals surface area contributed by atoms with E-state index in [1.54, 1.807) is 17.0 Å². The lowest BCUT2D eigenvalue weighted by Crippen LogP contribution is -2.36. The molecule has 3 rings (SSSR count). The van der Waals surface area contributed by atoms with Gasteiger partial charge in [0.2, 0.25) is 5.91 Å².